The van der Waals surface area contributed by atoms with E-state index in [9.17, 15) is 13.2 Å². The summed E-state index contributed by atoms with van der Waals surface area (Å²) in [5.74, 6) is 1.92. The standard InChI is InChI=1S/C8H4F3N/c1-2-6-5-12-4-3-7(6)8(9,10)11/h1,3-5H. The maximum Gasteiger partial charge on any atom is 0.417 e. The van der Waals surface area contributed by atoms with Gasteiger partial charge in [0, 0.05) is 12.4 Å². The van der Waals surface area contributed by atoms with Crippen LogP contribution in [-0.4, -0.2) is 4.98 Å². The van der Waals surface area contributed by atoms with Crippen LogP contribution in [0.1, 0.15) is 11.1 Å². The van der Waals surface area contributed by atoms with E-state index in [1.165, 1.54) is 0 Å². The molecule has 0 spiro atoms. The molecule has 1 rings (SSSR count). The van der Waals surface area contributed by atoms with Crippen LogP contribution in [-0.2, 0) is 6.18 Å². The first-order chi connectivity index (χ1) is 5.55. The van der Waals surface area contributed by atoms with Crippen LogP contribution in [0, 0.1) is 12.3 Å². The normalized spacial score (nSPS) is 10.8. The molecule has 1 aromatic rings. The molecule has 1 nitrogen and oxygen atoms in total. The molecular formula is C8H4F3N. The quantitative estimate of drug-likeness (QED) is 0.544. The summed E-state index contributed by atoms with van der Waals surface area (Å²) in [6, 6.07) is 0.856. The van der Waals surface area contributed by atoms with Crippen molar-refractivity contribution in [1.82, 2.24) is 4.98 Å². The summed E-state index contributed by atoms with van der Waals surface area (Å²) in [6.45, 7) is 0. The molecule has 0 unspecified atom stereocenters. The average Bonchev–Trinajstić information content (AvgIpc) is 2.03. The highest BCUT2D eigenvalue weighted by molar-refractivity contribution is 5.38. The summed E-state index contributed by atoms with van der Waals surface area (Å²) >= 11 is 0. The molecule has 0 N–H and O–H groups in total. The minimum Gasteiger partial charge on any atom is -0.263 e. The largest absolute Gasteiger partial charge is 0.417 e. The molecule has 0 bridgehead atoms. The Morgan fingerprint density at radius 2 is 2.08 bits per heavy atom. The lowest BCUT2D eigenvalue weighted by Crippen LogP contribution is -2.07. The maximum atomic E-state index is 12.1. The van der Waals surface area contributed by atoms with Gasteiger partial charge in [-0.05, 0) is 6.07 Å². The van der Waals surface area contributed by atoms with Gasteiger partial charge >= 0.3 is 6.18 Å². The first-order valence-corrected chi connectivity index (χ1v) is 3.03. The zero-order valence-electron chi connectivity index (χ0n) is 5.89. The Kier molecular flexibility index (Phi) is 2.05. The molecule has 0 amide bonds. The fourth-order valence-electron chi connectivity index (χ4n) is 0.757. The van der Waals surface area contributed by atoms with E-state index in [2.05, 4.69) is 4.98 Å². The monoisotopic (exact) mass is 171 g/mol. The average molecular weight is 171 g/mol. The predicted molar refractivity (Wildman–Crippen MR) is 37.2 cm³/mol. The number of terminal acetylenes is 1. The number of hydrogen-bond donors (Lipinski definition) is 0. The minimum absolute atomic E-state index is 0.231. The van der Waals surface area contributed by atoms with E-state index < -0.39 is 11.7 Å². The molecule has 12 heavy (non-hydrogen) atoms. The number of hydrogen-bond acceptors (Lipinski definition) is 1. The maximum absolute atomic E-state index is 12.1. The second kappa shape index (κ2) is 2.86. The van der Waals surface area contributed by atoms with Gasteiger partial charge < -0.3 is 0 Å². The Morgan fingerprint density at radius 1 is 1.42 bits per heavy atom. The van der Waals surface area contributed by atoms with Crippen molar-refractivity contribution in [2.24, 2.45) is 0 Å². The van der Waals surface area contributed by atoms with Gasteiger partial charge in [0.15, 0.2) is 0 Å². The van der Waals surface area contributed by atoms with Crippen LogP contribution < -0.4 is 0 Å². The van der Waals surface area contributed by atoms with Crippen LogP contribution >= 0.6 is 0 Å². The molecule has 0 saturated carbocycles. The summed E-state index contributed by atoms with van der Waals surface area (Å²) in [4.78, 5) is 3.49. The van der Waals surface area contributed by atoms with E-state index in [1.54, 1.807) is 0 Å². The van der Waals surface area contributed by atoms with Gasteiger partial charge in [0.2, 0.25) is 0 Å². The van der Waals surface area contributed by atoms with E-state index >= 15 is 0 Å². The highest BCUT2D eigenvalue weighted by Gasteiger charge is 2.32. The van der Waals surface area contributed by atoms with Gasteiger partial charge in [-0.25, -0.2) is 0 Å². The third-order valence-corrected chi connectivity index (χ3v) is 1.28. The lowest BCUT2D eigenvalue weighted by Gasteiger charge is -2.07. The van der Waals surface area contributed by atoms with Gasteiger partial charge in [0.1, 0.15) is 0 Å². The molecule has 0 aliphatic carbocycles. The number of halogens is 3. The van der Waals surface area contributed by atoms with Crippen molar-refractivity contribution in [3.63, 3.8) is 0 Å². The zero-order valence-corrected chi connectivity index (χ0v) is 5.89. The van der Waals surface area contributed by atoms with Crippen molar-refractivity contribution in [3.05, 3.63) is 29.6 Å². The number of nitrogens with zero attached hydrogens (tertiary/aromatic N) is 1. The molecule has 1 aromatic heterocycles. The Bertz CT molecular complexity index is 322. The predicted octanol–water partition coefficient (Wildman–Crippen LogP) is 2.08. The topological polar surface area (TPSA) is 12.9 Å². The lowest BCUT2D eigenvalue weighted by molar-refractivity contribution is -0.137. The summed E-state index contributed by atoms with van der Waals surface area (Å²) in [5, 5.41) is 0. The number of rotatable bonds is 0. The molecule has 0 aliphatic rings. The van der Waals surface area contributed by atoms with E-state index in [1.807, 2.05) is 5.92 Å². The third-order valence-electron chi connectivity index (χ3n) is 1.28. The van der Waals surface area contributed by atoms with Gasteiger partial charge in [-0.1, -0.05) is 5.92 Å². The Hall–Kier alpha value is -1.50. The molecule has 0 fully saturated rings. The van der Waals surface area contributed by atoms with E-state index in [4.69, 9.17) is 6.42 Å². The molecule has 1 heterocycles. The van der Waals surface area contributed by atoms with Crippen LogP contribution in [0.4, 0.5) is 13.2 Å². The van der Waals surface area contributed by atoms with Crippen LogP contribution in [0.25, 0.3) is 0 Å². The van der Waals surface area contributed by atoms with Gasteiger partial charge in [-0.15, -0.1) is 6.42 Å². The molecule has 4 heteroatoms. The summed E-state index contributed by atoms with van der Waals surface area (Å²) < 4.78 is 36.3. The lowest BCUT2D eigenvalue weighted by atomic mass is 10.1. The highest BCUT2D eigenvalue weighted by Crippen LogP contribution is 2.30. The SMILES string of the molecule is C#Cc1cnccc1C(F)(F)F. The summed E-state index contributed by atoms with van der Waals surface area (Å²) in [6.07, 6.45) is 2.54. The van der Waals surface area contributed by atoms with Crippen molar-refractivity contribution in [3.8, 4) is 12.3 Å². The number of pyridine rings is 1. The van der Waals surface area contributed by atoms with Crippen molar-refractivity contribution < 1.29 is 13.2 Å². The second-order valence-corrected chi connectivity index (χ2v) is 2.06. The number of aromatic nitrogens is 1. The van der Waals surface area contributed by atoms with Crippen LogP contribution in [0.15, 0.2) is 18.5 Å². The van der Waals surface area contributed by atoms with Gasteiger partial charge in [-0.3, -0.25) is 4.98 Å². The van der Waals surface area contributed by atoms with Crippen molar-refractivity contribution in [2.75, 3.05) is 0 Å². The summed E-state index contributed by atoms with van der Waals surface area (Å²) in [7, 11) is 0. The summed E-state index contributed by atoms with van der Waals surface area (Å²) in [5.41, 5.74) is -1.05. The van der Waals surface area contributed by atoms with Gasteiger partial charge in [-0.2, -0.15) is 13.2 Å². The van der Waals surface area contributed by atoms with Crippen molar-refractivity contribution in [1.29, 1.82) is 0 Å². The van der Waals surface area contributed by atoms with Crippen molar-refractivity contribution >= 4 is 0 Å². The molecule has 0 atom stereocenters. The smallest absolute Gasteiger partial charge is 0.263 e. The van der Waals surface area contributed by atoms with Crippen LogP contribution in [0.5, 0.6) is 0 Å². The first-order valence-electron chi connectivity index (χ1n) is 3.03. The molecule has 0 radical (unpaired) electrons. The van der Waals surface area contributed by atoms with E-state index in [-0.39, 0.29) is 5.56 Å². The number of alkyl halides is 3. The fourth-order valence-corrected chi connectivity index (χ4v) is 0.757. The van der Waals surface area contributed by atoms with E-state index in [0.717, 1.165) is 18.5 Å². The molecule has 0 saturated heterocycles. The Morgan fingerprint density at radius 3 is 2.50 bits per heavy atom. The first kappa shape index (κ1) is 8.60. The zero-order chi connectivity index (χ0) is 9.19. The molecule has 62 valence electrons. The van der Waals surface area contributed by atoms with Gasteiger partial charge in [0.05, 0.1) is 11.1 Å². The second-order valence-electron chi connectivity index (χ2n) is 2.06. The molecule has 0 aromatic carbocycles. The van der Waals surface area contributed by atoms with Gasteiger partial charge in [0.25, 0.3) is 0 Å². The molecule has 0 aliphatic heterocycles. The van der Waals surface area contributed by atoms with Crippen LogP contribution in [0.3, 0.4) is 0 Å². The van der Waals surface area contributed by atoms with Crippen molar-refractivity contribution in [2.45, 2.75) is 6.18 Å². The van der Waals surface area contributed by atoms with E-state index in [0.29, 0.717) is 0 Å². The fraction of sp³-hybridized carbons (Fsp3) is 0.125. The Balaban J connectivity index is 3.26. The third kappa shape index (κ3) is 1.56. The highest BCUT2D eigenvalue weighted by atomic mass is 19.4. The Labute approximate surface area is 67.2 Å². The molecular weight excluding hydrogens is 167 g/mol. The minimum atomic E-state index is -4.40. The van der Waals surface area contributed by atoms with Crippen LogP contribution in [0.2, 0.25) is 0 Å².